The van der Waals surface area contributed by atoms with Crippen molar-refractivity contribution in [1.82, 2.24) is 9.88 Å². The van der Waals surface area contributed by atoms with E-state index in [-0.39, 0.29) is 17.1 Å². The van der Waals surface area contributed by atoms with Crippen LogP contribution >= 0.6 is 11.6 Å². The zero-order valence-corrected chi connectivity index (χ0v) is 16.0. The molecule has 0 saturated carbocycles. The van der Waals surface area contributed by atoms with Gasteiger partial charge < -0.3 is 15.5 Å². The van der Waals surface area contributed by atoms with E-state index in [1.165, 1.54) is 18.2 Å². The molecule has 0 aliphatic carbocycles. The second kappa shape index (κ2) is 7.80. The van der Waals surface area contributed by atoms with Gasteiger partial charge in [0.25, 0.3) is 0 Å². The molecule has 5 nitrogen and oxygen atoms in total. The van der Waals surface area contributed by atoms with Crippen molar-refractivity contribution in [2.24, 2.45) is 0 Å². The van der Waals surface area contributed by atoms with Crippen molar-refractivity contribution in [2.45, 2.75) is 13.0 Å². The Morgan fingerprint density at radius 2 is 1.93 bits per heavy atom. The van der Waals surface area contributed by atoms with Crippen LogP contribution < -0.4 is 10.6 Å². The van der Waals surface area contributed by atoms with Crippen LogP contribution in [-0.4, -0.2) is 30.0 Å². The summed E-state index contributed by atoms with van der Waals surface area (Å²) in [7, 11) is 3.52. The molecule has 2 N–H and O–H groups in total. The minimum absolute atomic E-state index is 0.0404. The quantitative estimate of drug-likeness (QED) is 0.640. The fourth-order valence-corrected chi connectivity index (χ4v) is 3.10. The third-order valence-electron chi connectivity index (χ3n) is 4.58. The van der Waals surface area contributed by atoms with Gasteiger partial charge in [0.15, 0.2) is 0 Å². The van der Waals surface area contributed by atoms with Gasteiger partial charge in [0.2, 0.25) is 0 Å². The van der Waals surface area contributed by atoms with Crippen molar-refractivity contribution in [3.63, 3.8) is 0 Å². The van der Waals surface area contributed by atoms with E-state index < -0.39 is 5.82 Å². The van der Waals surface area contributed by atoms with Gasteiger partial charge in [0, 0.05) is 36.9 Å². The average Bonchev–Trinajstić information content (AvgIpc) is 2.68. The number of urea groups is 1. The van der Waals surface area contributed by atoms with Crippen LogP contribution in [0.25, 0.3) is 10.8 Å². The van der Waals surface area contributed by atoms with Gasteiger partial charge in [-0.2, -0.15) is 0 Å². The van der Waals surface area contributed by atoms with Gasteiger partial charge in [-0.3, -0.25) is 0 Å². The zero-order chi connectivity index (χ0) is 19.6. The van der Waals surface area contributed by atoms with Crippen LogP contribution in [0, 0.1) is 5.82 Å². The summed E-state index contributed by atoms with van der Waals surface area (Å²) in [5.74, 6) is 0.258. The van der Waals surface area contributed by atoms with Crippen LogP contribution in [0.5, 0.6) is 0 Å². The molecular weight excluding hydrogens is 367 g/mol. The van der Waals surface area contributed by atoms with E-state index >= 15 is 0 Å². The van der Waals surface area contributed by atoms with Crippen molar-refractivity contribution >= 4 is 39.9 Å². The van der Waals surface area contributed by atoms with Crippen molar-refractivity contribution in [3.05, 3.63) is 65.1 Å². The molecule has 1 aromatic heterocycles. The Hall–Kier alpha value is -2.86. The number of carbonyl (C=O) groups excluding carboxylic acids is 1. The molecule has 7 heteroatoms. The van der Waals surface area contributed by atoms with Gasteiger partial charge in [-0.15, -0.1) is 0 Å². The molecule has 1 heterocycles. The fourth-order valence-electron chi connectivity index (χ4n) is 2.92. The normalized spacial score (nSPS) is 11.9. The average molecular weight is 387 g/mol. The second-order valence-corrected chi connectivity index (χ2v) is 6.61. The zero-order valence-electron chi connectivity index (χ0n) is 15.3. The summed E-state index contributed by atoms with van der Waals surface area (Å²) in [6.07, 6.45) is 1.78. The SMILES string of the molecule is CNc1ncc([C@H](C)N(C)C(=O)Nc2ccc(F)c(Cl)c2)c2ccccc12. The lowest BCUT2D eigenvalue weighted by atomic mass is 10.0. The number of halogens is 2. The van der Waals surface area contributed by atoms with E-state index in [2.05, 4.69) is 15.6 Å². The van der Waals surface area contributed by atoms with Gasteiger partial charge in [-0.1, -0.05) is 35.9 Å². The van der Waals surface area contributed by atoms with Crippen LogP contribution in [0.4, 0.5) is 20.7 Å². The Morgan fingerprint density at radius 1 is 1.22 bits per heavy atom. The van der Waals surface area contributed by atoms with Gasteiger partial charge in [0.1, 0.15) is 11.6 Å². The summed E-state index contributed by atoms with van der Waals surface area (Å²) in [6.45, 7) is 1.93. The number of rotatable bonds is 4. The Balaban J connectivity index is 1.86. The van der Waals surface area contributed by atoms with Crippen LogP contribution in [-0.2, 0) is 0 Å². The number of hydrogen-bond acceptors (Lipinski definition) is 3. The third-order valence-corrected chi connectivity index (χ3v) is 4.87. The Morgan fingerprint density at radius 3 is 2.59 bits per heavy atom. The number of aromatic nitrogens is 1. The summed E-state index contributed by atoms with van der Waals surface area (Å²) < 4.78 is 13.3. The molecule has 3 aromatic rings. The first kappa shape index (κ1) is 18.9. The number of nitrogens with zero attached hydrogens (tertiary/aromatic N) is 2. The molecular formula is C20H20ClFN4O. The summed E-state index contributed by atoms with van der Waals surface area (Å²) in [5, 5.41) is 7.79. The molecule has 0 aliphatic rings. The first-order valence-electron chi connectivity index (χ1n) is 8.46. The highest BCUT2D eigenvalue weighted by molar-refractivity contribution is 6.31. The lowest BCUT2D eigenvalue weighted by Gasteiger charge is -2.26. The molecule has 3 rings (SSSR count). The molecule has 0 radical (unpaired) electrons. The molecule has 140 valence electrons. The lowest BCUT2D eigenvalue weighted by Crippen LogP contribution is -2.33. The van der Waals surface area contributed by atoms with E-state index in [4.69, 9.17) is 11.6 Å². The van der Waals surface area contributed by atoms with Crippen LogP contribution in [0.1, 0.15) is 18.5 Å². The van der Waals surface area contributed by atoms with Gasteiger partial charge in [-0.05, 0) is 30.5 Å². The molecule has 0 aliphatic heterocycles. The summed E-state index contributed by atoms with van der Waals surface area (Å²) >= 11 is 5.78. The molecule has 0 spiro atoms. The maximum absolute atomic E-state index is 13.3. The molecule has 0 bridgehead atoms. The monoisotopic (exact) mass is 386 g/mol. The number of nitrogens with one attached hydrogen (secondary N) is 2. The van der Waals surface area contributed by atoms with Crippen molar-refractivity contribution in [1.29, 1.82) is 0 Å². The molecule has 0 fully saturated rings. The smallest absolute Gasteiger partial charge is 0.322 e. The van der Waals surface area contributed by atoms with Crippen molar-refractivity contribution in [3.8, 4) is 0 Å². The van der Waals surface area contributed by atoms with E-state index in [9.17, 15) is 9.18 Å². The number of fused-ring (bicyclic) bond motifs is 1. The Labute approximate surface area is 162 Å². The summed E-state index contributed by atoms with van der Waals surface area (Å²) in [4.78, 5) is 18.7. The largest absolute Gasteiger partial charge is 0.373 e. The number of pyridine rings is 1. The summed E-state index contributed by atoms with van der Waals surface area (Å²) in [6, 6.07) is 11.4. The molecule has 1 atom stereocenters. The predicted octanol–water partition coefficient (Wildman–Crippen LogP) is 5.29. The second-order valence-electron chi connectivity index (χ2n) is 6.20. The maximum Gasteiger partial charge on any atom is 0.322 e. The molecule has 0 saturated heterocycles. The van der Waals surface area contributed by atoms with Crippen LogP contribution in [0.15, 0.2) is 48.7 Å². The van der Waals surface area contributed by atoms with E-state index in [0.29, 0.717) is 5.69 Å². The minimum atomic E-state index is -0.529. The highest BCUT2D eigenvalue weighted by atomic mass is 35.5. The number of carbonyl (C=O) groups is 1. The Bertz CT molecular complexity index is 995. The fraction of sp³-hybridized carbons (Fsp3) is 0.200. The molecule has 0 unspecified atom stereocenters. The van der Waals surface area contributed by atoms with E-state index in [1.54, 1.807) is 18.1 Å². The maximum atomic E-state index is 13.3. The highest BCUT2D eigenvalue weighted by Crippen LogP contribution is 2.30. The van der Waals surface area contributed by atoms with Crippen LogP contribution in [0.2, 0.25) is 5.02 Å². The van der Waals surface area contributed by atoms with Crippen molar-refractivity contribution in [2.75, 3.05) is 24.7 Å². The number of amides is 2. The lowest BCUT2D eigenvalue weighted by molar-refractivity contribution is 0.208. The molecule has 2 aromatic carbocycles. The molecule has 2 amide bonds. The first-order chi connectivity index (χ1) is 12.9. The standard InChI is InChI=1S/C20H20ClFN4O/c1-12(16-11-24-19(23-2)15-7-5-4-6-14(15)16)26(3)20(27)25-13-8-9-18(22)17(21)10-13/h4-12H,1-3H3,(H,23,24)(H,25,27)/t12-/m0/s1. The minimum Gasteiger partial charge on any atom is -0.373 e. The number of benzene rings is 2. The number of hydrogen-bond donors (Lipinski definition) is 2. The topological polar surface area (TPSA) is 57.3 Å². The predicted molar refractivity (Wildman–Crippen MR) is 108 cm³/mol. The van der Waals surface area contributed by atoms with E-state index in [1.807, 2.05) is 38.2 Å². The highest BCUT2D eigenvalue weighted by Gasteiger charge is 2.21. The van der Waals surface area contributed by atoms with Gasteiger partial charge in [0.05, 0.1) is 11.1 Å². The number of anilines is 2. The van der Waals surface area contributed by atoms with Crippen LogP contribution in [0.3, 0.4) is 0 Å². The third kappa shape index (κ3) is 3.80. The van der Waals surface area contributed by atoms with Crippen molar-refractivity contribution < 1.29 is 9.18 Å². The van der Waals surface area contributed by atoms with Gasteiger partial charge in [-0.25, -0.2) is 14.2 Å². The first-order valence-corrected chi connectivity index (χ1v) is 8.84. The van der Waals surface area contributed by atoms with E-state index in [0.717, 1.165) is 22.2 Å². The Kier molecular flexibility index (Phi) is 5.46. The van der Waals surface area contributed by atoms with Gasteiger partial charge >= 0.3 is 6.03 Å². The summed E-state index contributed by atoms with van der Waals surface area (Å²) in [5.41, 5.74) is 1.36. The molecule has 27 heavy (non-hydrogen) atoms.